The molecule has 0 spiro atoms. The van der Waals surface area contributed by atoms with Crippen LogP contribution in [0.3, 0.4) is 0 Å². The summed E-state index contributed by atoms with van der Waals surface area (Å²) in [4.78, 5) is 43.9. The molecule has 9 heteroatoms. The lowest BCUT2D eigenvalue weighted by atomic mass is 10.0. The highest BCUT2D eigenvalue weighted by Crippen LogP contribution is 2.33. The number of hydrogen-bond donors (Lipinski definition) is 1. The number of aliphatic imine (C=N–C) groups is 1. The van der Waals surface area contributed by atoms with Gasteiger partial charge in [0, 0.05) is 24.2 Å². The number of hydrogen-bond acceptors (Lipinski definition) is 5. The smallest absolute Gasteiger partial charge is 0.321 e. The molecule has 0 aromatic heterocycles. The first-order chi connectivity index (χ1) is 15.4. The molecule has 2 N–H and O–H groups in total. The first-order valence-corrected chi connectivity index (χ1v) is 9.72. The minimum atomic E-state index is -1.44. The summed E-state index contributed by atoms with van der Waals surface area (Å²) in [5.74, 6) is -0.555. The molecule has 3 aromatic carbocycles. The molecular weight excluding hydrogens is 410 g/mol. The van der Waals surface area contributed by atoms with Gasteiger partial charge in [0.25, 0.3) is 11.6 Å². The summed E-state index contributed by atoms with van der Waals surface area (Å²) in [5, 5.41) is 11.6. The van der Waals surface area contributed by atoms with Crippen molar-refractivity contribution in [3.8, 4) is 0 Å². The molecular formula is C23H19N5O4. The Kier molecular flexibility index (Phi) is 5.38. The molecule has 0 aliphatic carbocycles. The van der Waals surface area contributed by atoms with E-state index in [0.717, 1.165) is 10.5 Å². The van der Waals surface area contributed by atoms with Crippen molar-refractivity contribution in [2.45, 2.75) is 6.17 Å². The SMILES string of the molecule is CN1C(=O)C(N(C(N)=O)c2ccccc2[N+](=O)[O-])N=C(c2ccccc2)c2ccccc21. The molecule has 3 amide bonds. The second-order valence-corrected chi connectivity index (χ2v) is 7.09. The normalized spacial score (nSPS) is 15.4. The number of fused-ring (bicyclic) bond motifs is 1. The lowest BCUT2D eigenvalue weighted by Gasteiger charge is -2.28. The van der Waals surface area contributed by atoms with Crippen molar-refractivity contribution in [1.82, 2.24) is 0 Å². The fourth-order valence-electron chi connectivity index (χ4n) is 3.69. The van der Waals surface area contributed by atoms with Crippen molar-refractivity contribution in [2.24, 2.45) is 10.7 Å². The molecule has 1 aliphatic rings. The van der Waals surface area contributed by atoms with Crippen molar-refractivity contribution in [3.05, 3.63) is 100 Å². The van der Waals surface area contributed by atoms with E-state index in [1.165, 1.54) is 29.2 Å². The lowest BCUT2D eigenvalue weighted by Crippen LogP contribution is -2.51. The molecule has 0 saturated carbocycles. The number of urea groups is 1. The third-order valence-corrected chi connectivity index (χ3v) is 5.19. The Hall–Kier alpha value is -4.53. The summed E-state index contributed by atoms with van der Waals surface area (Å²) in [6.45, 7) is 0. The average molecular weight is 429 g/mol. The van der Waals surface area contributed by atoms with Crippen LogP contribution in [0.4, 0.5) is 21.9 Å². The number of anilines is 2. The maximum atomic E-state index is 13.5. The van der Waals surface area contributed by atoms with Crippen molar-refractivity contribution in [3.63, 3.8) is 0 Å². The number of para-hydroxylation sites is 3. The zero-order valence-electron chi connectivity index (χ0n) is 17.1. The molecule has 0 saturated heterocycles. The predicted octanol–water partition coefficient (Wildman–Crippen LogP) is 3.32. The van der Waals surface area contributed by atoms with Crippen LogP contribution in [0.5, 0.6) is 0 Å². The van der Waals surface area contributed by atoms with Crippen LogP contribution in [0.2, 0.25) is 0 Å². The summed E-state index contributed by atoms with van der Waals surface area (Å²) in [5.41, 5.74) is 7.63. The quantitative estimate of drug-likeness (QED) is 0.505. The van der Waals surface area contributed by atoms with E-state index >= 15 is 0 Å². The van der Waals surface area contributed by atoms with Crippen molar-refractivity contribution < 1.29 is 14.5 Å². The molecule has 160 valence electrons. The molecule has 0 bridgehead atoms. The summed E-state index contributed by atoms with van der Waals surface area (Å²) < 4.78 is 0. The fraction of sp³-hybridized carbons (Fsp3) is 0.0870. The Morgan fingerprint density at radius 2 is 1.66 bits per heavy atom. The van der Waals surface area contributed by atoms with Gasteiger partial charge in [0.05, 0.1) is 16.3 Å². The minimum absolute atomic E-state index is 0.112. The first-order valence-electron chi connectivity index (χ1n) is 9.72. The highest BCUT2D eigenvalue weighted by molar-refractivity contribution is 6.21. The topological polar surface area (TPSA) is 122 Å². The van der Waals surface area contributed by atoms with Gasteiger partial charge >= 0.3 is 6.03 Å². The predicted molar refractivity (Wildman–Crippen MR) is 121 cm³/mol. The number of primary amides is 1. The van der Waals surface area contributed by atoms with E-state index in [1.54, 1.807) is 19.2 Å². The van der Waals surface area contributed by atoms with E-state index in [2.05, 4.69) is 4.99 Å². The zero-order chi connectivity index (χ0) is 22.8. The number of rotatable bonds is 4. The van der Waals surface area contributed by atoms with Gasteiger partial charge in [0.15, 0.2) is 0 Å². The Morgan fingerprint density at radius 3 is 2.34 bits per heavy atom. The van der Waals surface area contributed by atoms with Crippen LogP contribution in [0, 0.1) is 10.1 Å². The second kappa shape index (κ2) is 8.31. The van der Waals surface area contributed by atoms with E-state index < -0.39 is 23.0 Å². The lowest BCUT2D eigenvalue weighted by molar-refractivity contribution is -0.384. The number of likely N-dealkylation sites (N-methyl/N-ethyl adjacent to an activating group) is 1. The van der Waals surface area contributed by atoms with Crippen LogP contribution in [0.1, 0.15) is 11.1 Å². The third kappa shape index (κ3) is 3.56. The number of nitrogens with zero attached hydrogens (tertiary/aromatic N) is 4. The fourth-order valence-corrected chi connectivity index (χ4v) is 3.69. The molecule has 1 atom stereocenters. The van der Waals surface area contributed by atoms with Crippen LogP contribution in [0.25, 0.3) is 0 Å². The molecule has 9 nitrogen and oxygen atoms in total. The minimum Gasteiger partial charge on any atom is -0.351 e. The number of carbonyl (C=O) groups excluding carboxylic acids is 2. The van der Waals surface area contributed by atoms with E-state index in [1.807, 2.05) is 42.5 Å². The molecule has 32 heavy (non-hydrogen) atoms. The number of benzodiazepines with no additional fused rings is 1. The standard InChI is InChI=1S/C23H19N5O4/c1-26-17-12-6-5-11-16(17)20(15-9-3-2-4-10-15)25-21(22(26)29)27(23(24)30)18-13-7-8-14-19(18)28(31)32/h2-14,21H,1H3,(H2,24,30). The van der Waals surface area contributed by atoms with E-state index in [0.29, 0.717) is 17.0 Å². The molecule has 4 rings (SSSR count). The second-order valence-electron chi connectivity index (χ2n) is 7.09. The highest BCUT2D eigenvalue weighted by atomic mass is 16.6. The molecule has 1 unspecified atom stereocenters. The Balaban J connectivity index is 1.98. The van der Waals surface area contributed by atoms with Gasteiger partial charge in [0.2, 0.25) is 6.17 Å². The van der Waals surface area contributed by atoms with Gasteiger partial charge in [-0.1, -0.05) is 60.7 Å². The van der Waals surface area contributed by atoms with Crippen molar-refractivity contribution in [2.75, 3.05) is 16.8 Å². The number of nitrogens with two attached hydrogens (primary N) is 1. The summed E-state index contributed by atoms with van der Waals surface area (Å²) >= 11 is 0. The summed E-state index contributed by atoms with van der Waals surface area (Å²) in [6, 6.07) is 21.0. The Morgan fingerprint density at radius 1 is 1.03 bits per heavy atom. The first kappa shape index (κ1) is 20.7. The van der Waals surface area contributed by atoms with Crippen molar-refractivity contribution >= 4 is 34.7 Å². The number of carbonyl (C=O) groups is 2. The third-order valence-electron chi connectivity index (χ3n) is 5.19. The van der Waals surface area contributed by atoms with Gasteiger partial charge in [-0.3, -0.25) is 19.8 Å². The molecule has 1 heterocycles. The van der Waals surface area contributed by atoms with E-state index in [9.17, 15) is 19.7 Å². The van der Waals surface area contributed by atoms with Crippen molar-refractivity contribution in [1.29, 1.82) is 0 Å². The van der Waals surface area contributed by atoms with E-state index in [4.69, 9.17) is 5.73 Å². The Labute approximate surface area is 183 Å². The number of benzene rings is 3. The summed E-state index contributed by atoms with van der Waals surface area (Å²) in [6.07, 6.45) is -1.44. The van der Waals surface area contributed by atoms with E-state index in [-0.39, 0.29) is 11.4 Å². The Bertz CT molecular complexity index is 1240. The monoisotopic (exact) mass is 429 g/mol. The van der Waals surface area contributed by atoms with Crippen LogP contribution in [0.15, 0.2) is 83.9 Å². The van der Waals surface area contributed by atoms with Crippen LogP contribution in [-0.2, 0) is 4.79 Å². The number of amides is 3. The van der Waals surface area contributed by atoms with Gasteiger partial charge in [-0.15, -0.1) is 0 Å². The van der Waals surface area contributed by atoms with Gasteiger partial charge in [-0.25, -0.2) is 9.79 Å². The average Bonchev–Trinajstić information content (AvgIpc) is 2.91. The van der Waals surface area contributed by atoms with Crippen LogP contribution < -0.4 is 15.5 Å². The highest BCUT2D eigenvalue weighted by Gasteiger charge is 2.38. The molecule has 0 radical (unpaired) electrons. The van der Waals surface area contributed by atoms with Gasteiger partial charge in [-0.2, -0.15) is 0 Å². The van der Waals surface area contributed by atoms with Gasteiger partial charge in [-0.05, 0) is 12.1 Å². The number of nitro groups is 1. The molecule has 0 fully saturated rings. The van der Waals surface area contributed by atoms with Crippen LogP contribution in [-0.4, -0.2) is 35.8 Å². The molecule has 1 aliphatic heterocycles. The number of nitro benzene ring substituents is 1. The van der Waals surface area contributed by atoms with Gasteiger partial charge in [0.1, 0.15) is 5.69 Å². The van der Waals surface area contributed by atoms with Crippen LogP contribution >= 0.6 is 0 Å². The maximum absolute atomic E-state index is 13.5. The summed E-state index contributed by atoms with van der Waals surface area (Å²) in [7, 11) is 1.57. The maximum Gasteiger partial charge on any atom is 0.321 e. The zero-order valence-corrected chi connectivity index (χ0v) is 17.1. The van der Waals surface area contributed by atoms with Gasteiger partial charge < -0.3 is 10.6 Å². The largest absolute Gasteiger partial charge is 0.351 e. The molecule has 3 aromatic rings.